The van der Waals surface area contributed by atoms with Crippen molar-refractivity contribution in [2.75, 3.05) is 20.2 Å². The zero-order chi connectivity index (χ0) is 16.0. The van der Waals surface area contributed by atoms with Gasteiger partial charge in [0.15, 0.2) is 0 Å². The smallest absolute Gasteiger partial charge is 0.309 e. The van der Waals surface area contributed by atoms with Crippen LogP contribution in [0, 0.1) is 23.7 Å². The van der Waals surface area contributed by atoms with E-state index in [1.54, 1.807) is 0 Å². The first kappa shape index (κ1) is 14.7. The Morgan fingerprint density at radius 3 is 3.04 bits per heavy atom. The number of nitrogens with zero attached hydrogens (tertiary/aromatic N) is 2. The lowest BCUT2D eigenvalue weighted by molar-refractivity contribution is -0.146. The van der Waals surface area contributed by atoms with Crippen LogP contribution in [-0.2, 0) is 9.53 Å². The van der Waals surface area contributed by atoms with Gasteiger partial charge in [-0.2, -0.15) is 0 Å². The molecular weight excluding hydrogens is 288 g/mol. The van der Waals surface area contributed by atoms with Gasteiger partial charge in [-0.15, -0.1) is 0 Å². The molecule has 1 aliphatic carbocycles. The number of esters is 1. The lowest BCUT2D eigenvalue weighted by Crippen LogP contribution is -2.43. The van der Waals surface area contributed by atoms with Crippen molar-refractivity contribution in [2.24, 2.45) is 28.7 Å². The topological polar surface area (TPSA) is 41.9 Å². The summed E-state index contributed by atoms with van der Waals surface area (Å²) >= 11 is 0. The molecule has 23 heavy (non-hydrogen) atoms. The van der Waals surface area contributed by atoms with Crippen molar-refractivity contribution in [3.8, 4) is 0 Å². The van der Waals surface area contributed by atoms with Crippen molar-refractivity contribution in [1.29, 1.82) is 0 Å². The van der Waals surface area contributed by atoms with Gasteiger partial charge in [0.05, 0.1) is 18.7 Å². The molecule has 1 saturated heterocycles. The summed E-state index contributed by atoms with van der Waals surface area (Å²) in [5, 5.41) is 0. The number of allylic oxidation sites excluding steroid dienone is 6. The minimum absolute atomic E-state index is 0.0991. The molecule has 0 aromatic rings. The molecule has 0 bridgehead atoms. The monoisotopic (exact) mass is 312 g/mol. The van der Waals surface area contributed by atoms with Crippen molar-refractivity contribution in [1.82, 2.24) is 4.90 Å². The molecule has 0 aromatic carbocycles. The number of carbonyl (C=O) groups is 1. The maximum absolute atomic E-state index is 12.1. The van der Waals surface area contributed by atoms with Crippen molar-refractivity contribution >= 4 is 11.7 Å². The Morgan fingerprint density at radius 1 is 1.35 bits per heavy atom. The standard InChI is InChI=1S/C19H24N2O2/c1-12(19(22)23-2)13-7-5-10-21-11-9-15-14-6-3-4-8-16(14)20-17(15)18(13)21/h3-4,6,8,12-15H,5,7,9-11H2,1-2H3. The van der Waals surface area contributed by atoms with E-state index in [1.807, 2.05) is 6.92 Å². The molecule has 0 spiro atoms. The lowest BCUT2D eigenvalue weighted by Gasteiger charge is -2.44. The van der Waals surface area contributed by atoms with Crippen LogP contribution in [0.3, 0.4) is 0 Å². The molecule has 0 amide bonds. The van der Waals surface area contributed by atoms with Gasteiger partial charge in [-0.05, 0) is 25.3 Å². The number of aliphatic imine (C=N–C) groups is 1. The molecule has 3 aliphatic heterocycles. The fraction of sp³-hybridized carbons (Fsp3) is 0.579. The van der Waals surface area contributed by atoms with Gasteiger partial charge >= 0.3 is 5.97 Å². The summed E-state index contributed by atoms with van der Waals surface area (Å²) in [4.78, 5) is 19.6. The summed E-state index contributed by atoms with van der Waals surface area (Å²) in [6.45, 7) is 4.19. The second kappa shape index (κ2) is 5.66. The van der Waals surface area contributed by atoms with Crippen molar-refractivity contribution < 1.29 is 9.53 Å². The highest BCUT2D eigenvalue weighted by Crippen LogP contribution is 2.47. The lowest BCUT2D eigenvalue weighted by atomic mass is 9.76. The third-order valence-corrected chi connectivity index (χ3v) is 5.86. The van der Waals surface area contributed by atoms with Gasteiger partial charge in [0.25, 0.3) is 0 Å². The number of rotatable bonds is 2. The van der Waals surface area contributed by atoms with Crippen LogP contribution in [0.5, 0.6) is 0 Å². The van der Waals surface area contributed by atoms with E-state index in [-0.39, 0.29) is 17.8 Å². The maximum atomic E-state index is 12.1. The largest absolute Gasteiger partial charge is 0.469 e. The third kappa shape index (κ3) is 2.27. The molecule has 4 aliphatic rings. The number of methoxy groups -OCH3 is 1. The predicted molar refractivity (Wildman–Crippen MR) is 89.8 cm³/mol. The van der Waals surface area contributed by atoms with Crippen LogP contribution in [0.4, 0.5) is 0 Å². The van der Waals surface area contributed by atoms with E-state index < -0.39 is 0 Å². The van der Waals surface area contributed by atoms with Gasteiger partial charge in [-0.3, -0.25) is 9.79 Å². The maximum Gasteiger partial charge on any atom is 0.309 e. The molecule has 4 atom stereocenters. The Kier molecular flexibility index (Phi) is 3.63. The Bertz CT molecular complexity index is 644. The molecule has 4 rings (SSSR count). The van der Waals surface area contributed by atoms with Gasteiger partial charge < -0.3 is 9.64 Å². The molecule has 3 heterocycles. The Hall–Kier alpha value is -1.84. The Morgan fingerprint density at radius 2 is 2.22 bits per heavy atom. The molecule has 122 valence electrons. The molecule has 0 N–H and O–H groups in total. The molecule has 0 radical (unpaired) electrons. The van der Waals surface area contributed by atoms with E-state index in [0.717, 1.165) is 32.4 Å². The highest BCUT2D eigenvalue weighted by molar-refractivity contribution is 6.02. The van der Waals surface area contributed by atoms with Crippen LogP contribution < -0.4 is 0 Å². The summed E-state index contributed by atoms with van der Waals surface area (Å²) in [7, 11) is 1.49. The van der Waals surface area contributed by atoms with Gasteiger partial charge in [0, 0.05) is 42.3 Å². The van der Waals surface area contributed by atoms with E-state index in [1.165, 1.54) is 24.2 Å². The number of piperidine rings is 1. The fourth-order valence-corrected chi connectivity index (χ4v) is 4.67. The second-order valence-electron chi connectivity index (χ2n) is 7.02. The van der Waals surface area contributed by atoms with E-state index in [4.69, 9.17) is 9.73 Å². The van der Waals surface area contributed by atoms with E-state index in [2.05, 4.69) is 29.2 Å². The van der Waals surface area contributed by atoms with Crippen LogP contribution >= 0.6 is 0 Å². The molecular formula is C19H24N2O2. The molecule has 1 fully saturated rings. The number of hydrogen-bond acceptors (Lipinski definition) is 4. The van der Waals surface area contributed by atoms with Crippen LogP contribution in [0.15, 0.2) is 40.7 Å². The first-order valence-corrected chi connectivity index (χ1v) is 8.71. The fourth-order valence-electron chi connectivity index (χ4n) is 4.67. The highest BCUT2D eigenvalue weighted by Gasteiger charge is 2.44. The number of ether oxygens (including phenoxy) is 1. The summed E-state index contributed by atoms with van der Waals surface area (Å²) in [6, 6.07) is 0. The van der Waals surface area contributed by atoms with Gasteiger partial charge in [-0.25, -0.2) is 0 Å². The van der Waals surface area contributed by atoms with E-state index in [9.17, 15) is 4.79 Å². The minimum atomic E-state index is -0.102. The van der Waals surface area contributed by atoms with Crippen molar-refractivity contribution in [2.45, 2.75) is 26.2 Å². The first-order valence-electron chi connectivity index (χ1n) is 8.71. The van der Waals surface area contributed by atoms with Gasteiger partial charge in [0.2, 0.25) is 0 Å². The van der Waals surface area contributed by atoms with Crippen LogP contribution in [-0.4, -0.2) is 36.8 Å². The summed E-state index contributed by atoms with van der Waals surface area (Å²) in [5.41, 5.74) is 3.76. The third-order valence-electron chi connectivity index (χ3n) is 5.86. The first-order chi connectivity index (χ1) is 11.2. The molecule has 0 saturated carbocycles. The van der Waals surface area contributed by atoms with Gasteiger partial charge in [-0.1, -0.05) is 25.2 Å². The number of hydrogen-bond donors (Lipinski definition) is 0. The van der Waals surface area contributed by atoms with E-state index >= 15 is 0 Å². The van der Waals surface area contributed by atoms with E-state index in [0.29, 0.717) is 11.8 Å². The molecule has 0 aromatic heterocycles. The zero-order valence-electron chi connectivity index (χ0n) is 13.9. The predicted octanol–water partition coefficient (Wildman–Crippen LogP) is 2.94. The molecule has 4 heteroatoms. The summed E-state index contributed by atoms with van der Waals surface area (Å²) < 4.78 is 5.01. The Balaban J connectivity index is 1.76. The van der Waals surface area contributed by atoms with Crippen LogP contribution in [0.2, 0.25) is 0 Å². The Labute approximate surface area is 137 Å². The number of fused-ring (bicyclic) bond motifs is 4. The van der Waals surface area contributed by atoms with Gasteiger partial charge in [0.1, 0.15) is 0 Å². The zero-order valence-corrected chi connectivity index (χ0v) is 13.9. The average Bonchev–Trinajstić information content (AvgIpc) is 2.98. The quantitative estimate of drug-likeness (QED) is 0.736. The van der Waals surface area contributed by atoms with Crippen LogP contribution in [0.25, 0.3) is 0 Å². The summed E-state index contributed by atoms with van der Waals surface area (Å²) in [5.74, 6) is 0.961. The normalized spacial score (nSPS) is 32.9. The molecule has 4 unspecified atom stereocenters. The number of carbonyl (C=O) groups excluding carboxylic acids is 1. The minimum Gasteiger partial charge on any atom is -0.469 e. The van der Waals surface area contributed by atoms with Crippen molar-refractivity contribution in [3.05, 3.63) is 35.7 Å². The average molecular weight is 312 g/mol. The van der Waals surface area contributed by atoms with Crippen molar-refractivity contribution in [3.63, 3.8) is 0 Å². The summed E-state index contributed by atoms with van der Waals surface area (Å²) in [6.07, 6.45) is 12.0. The second-order valence-corrected chi connectivity index (χ2v) is 7.02. The highest BCUT2D eigenvalue weighted by atomic mass is 16.5. The SMILES string of the molecule is COC(=O)C(C)C1CCCN2CCC3C(=C12)N=C1C=CC=CC13. The van der Waals surface area contributed by atoms with Crippen LogP contribution in [0.1, 0.15) is 26.2 Å². The molecule has 4 nitrogen and oxygen atoms in total.